The van der Waals surface area contributed by atoms with E-state index in [2.05, 4.69) is 93.4 Å². The quantitative estimate of drug-likeness (QED) is 0.612. The zero-order chi connectivity index (χ0) is 20.0. The lowest BCUT2D eigenvalue weighted by Crippen LogP contribution is -2.53. The maximum atomic E-state index is 6.49. The van der Waals surface area contributed by atoms with Gasteiger partial charge in [-0.05, 0) is 48.6 Å². The second-order valence-corrected chi connectivity index (χ2v) is 9.67. The molecular formula is C25H33NO2. The van der Waals surface area contributed by atoms with Crippen molar-refractivity contribution in [1.82, 2.24) is 5.06 Å². The molecule has 150 valence electrons. The Labute approximate surface area is 169 Å². The smallest absolute Gasteiger partial charge is 0.194 e. The maximum absolute atomic E-state index is 6.49. The molecule has 28 heavy (non-hydrogen) atoms. The second-order valence-electron chi connectivity index (χ2n) is 9.67. The lowest BCUT2D eigenvalue weighted by molar-refractivity contribution is -0.113. The number of hydrogen-bond donors (Lipinski definition) is 0. The monoisotopic (exact) mass is 379 g/mol. The molecule has 1 spiro atoms. The van der Waals surface area contributed by atoms with Gasteiger partial charge in [-0.3, -0.25) is 4.84 Å². The fourth-order valence-corrected chi connectivity index (χ4v) is 4.97. The van der Waals surface area contributed by atoms with Crippen LogP contribution < -0.4 is 0 Å². The summed E-state index contributed by atoms with van der Waals surface area (Å²) in [6, 6.07) is 21.4. The highest BCUT2D eigenvalue weighted by molar-refractivity contribution is 5.33. The molecule has 3 nitrogen and oxygen atoms in total. The zero-order valence-electron chi connectivity index (χ0n) is 17.8. The molecule has 1 aliphatic heterocycles. The number of benzene rings is 2. The molecule has 1 heterocycles. The molecule has 2 aromatic carbocycles. The molecule has 0 bridgehead atoms. The third-order valence-electron chi connectivity index (χ3n) is 7.01. The van der Waals surface area contributed by atoms with Crippen LogP contribution >= 0.6 is 0 Å². The summed E-state index contributed by atoms with van der Waals surface area (Å²) >= 11 is 0. The van der Waals surface area contributed by atoms with Gasteiger partial charge in [0.05, 0.1) is 6.04 Å². The number of ether oxygens (including phenoxy) is 1. The SMILES string of the molecule is CO[C@]1(C)C[C@@H](C(C)(C)C)CC[C@@]12ON2C(c1ccccc1)c1ccccc1. The molecule has 1 saturated carbocycles. The minimum Gasteiger partial charge on any atom is -0.374 e. The molecule has 0 amide bonds. The van der Waals surface area contributed by atoms with Gasteiger partial charge in [0.1, 0.15) is 5.60 Å². The van der Waals surface area contributed by atoms with Crippen molar-refractivity contribution in [1.29, 1.82) is 0 Å². The molecule has 3 heteroatoms. The summed E-state index contributed by atoms with van der Waals surface area (Å²) in [6.07, 6.45) is 3.17. The highest BCUT2D eigenvalue weighted by atomic mass is 16.9. The first kappa shape index (κ1) is 19.6. The van der Waals surface area contributed by atoms with Crippen LogP contribution in [0.1, 0.15) is 64.1 Å². The Morgan fingerprint density at radius 3 is 2.00 bits per heavy atom. The van der Waals surface area contributed by atoms with Crippen LogP contribution in [0.4, 0.5) is 0 Å². The summed E-state index contributed by atoms with van der Waals surface area (Å²) in [5, 5.41) is 2.21. The number of rotatable bonds is 4. The summed E-state index contributed by atoms with van der Waals surface area (Å²) in [5.41, 5.74) is 2.09. The molecule has 2 fully saturated rings. The van der Waals surface area contributed by atoms with E-state index in [4.69, 9.17) is 9.57 Å². The molecule has 0 aromatic heterocycles. The summed E-state index contributed by atoms with van der Waals surface area (Å²) < 4.78 is 6.17. The number of methoxy groups -OCH3 is 1. The number of hydroxylamine groups is 2. The lowest BCUT2D eigenvalue weighted by atomic mass is 9.65. The van der Waals surface area contributed by atoms with Crippen LogP contribution in [-0.4, -0.2) is 23.5 Å². The largest absolute Gasteiger partial charge is 0.374 e. The molecule has 0 N–H and O–H groups in total. The van der Waals surface area contributed by atoms with Gasteiger partial charge >= 0.3 is 0 Å². The Kier molecular flexibility index (Phi) is 4.89. The van der Waals surface area contributed by atoms with Crippen LogP contribution in [0.3, 0.4) is 0 Å². The Morgan fingerprint density at radius 1 is 1.00 bits per heavy atom. The lowest BCUT2D eigenvalue weighted by Gasteiger charge is -2.46. The van der Waals surface area contributed by atoms with E-state index in [1.807, 2.05) is 7.11 Å². The first-order valence-corrected chi connectivity index (χ1v) is 10.4. The van der Waals surface area contributed by atoms with Crippen molar-refractivity contribution in [2.24, 2.45) is 11.3 Å². The Hall–Kier alpha value is -1.68. The van der Waals surface area contributed by atoms with Crippen molar-refractivity contribution in [3.8, 4) is 0 Å². The number of hydrogen-bond acceptors (Lipinski definition) is 3. The van der Waals surface area contributed by atoms with E-state index in [-0.39, 0.29) is 22.8 Å². The van der Waals surface area contributed by atoms with Crippen molar-refractivity contribution in [2.75, 3.05) is 7.11 Å². The van der Waals surface area contributed by atoms with Crippen molar-refractivity contribution in [3.05, 3.63) is 71.8 Å². The van der Waals surface area contributed by atoms with Gasteiger partial charge in [-0.1, -0.05) is 81.4 Å². The van der Waals surface area contributed by atoms with Gasteiger partial charge < -0.3 is 4.74 Å². The van der Waals surface area contributed by atoms with Crippen LogP contribution in [0.2, 0.25) is 0 Å². The van der Waals surface area contributed by atoms with E-state index >= 15 is 0 Å². The van der Waals surface area contributed by atoms with E-state index < -0.39 is 0 Å². The normalized spacial score (nSPS) is 32.6. The minimum atomic E-state index is -0.361. The third-order valence-corrected chi connectivity index (χ3v) is 7.01. The van der Waals surface area contributed by atoms with Crippen LogP contribution in [0, 0.1) is 11.3 Å². The van der Waals surface area contributed by atoms with Gasteiger partial charge in [-0.2, -0.15) is 0 Å². The van der Waals surface area contributed by atoms with Crippen LogP contribution in [0.15, 0.2) is 60.7 Å². The van der Waals surface area contributed by atoms with Gasteiger partial charge in [-0.25, -0.2) is 0 Å². The standard InChI is InChI=1S/C25H33NO2/c1-23(2,3)21-16-17-25(24(4,18-21)27-5)26(28-25)22(19-12-8-6-9-13-19)20-14-10-7-11-15-20/h6-15,21-22H,16-18H2,1-5H3/t21-,24+,25+,26?/m0/s1. The fraction of sp³-hybridized carbons (Fsp3) is 0.520. The van der Waals surface area contributed by atoms with Gasteiger partial charge in [-0.15, -0.1) is 5.06 Å². The topological polar surface area (TPSA) is 24.8 Å². The molecule has 4 atom stereocenters. The van der Waals surface area contributed by atoms with Gasteiger partial charge in [0, 0.05) is 7.11 Å². The third kappa shape index (κ3) is 3.20. The average Bonchev–Trinajstić information content (AvgIpc) is 3.40. The van der Waals surface area contributed by atoms with Crippen molar-refractivity contribution in [3.63, 3.8) is 0 Å². The van der Waals surface area contributed by atoms with Gasteiger partial charge in [0.15, 0.2) is 5.72 Å². The first-order chi connectivity index (χ1) is 13.3. The van der Waals surface area contributed by atoms with E-state index in [1.54, 1.807) is 0 Å². The van der Waals surface area contributed by atoms with E-state index in [0.29, 0.717) is 5.92 Å². The van der Waals surface area contributed by atoms with E-state index in [0.717, 1.165) is 19.3 Å². The predicted octanol–water partition coefficient (Wildman–Crippen LogP) is 5.97. The molecule has 2 aliphatic rings. The van der Waals surface area contributed by atoms with Crippen molar-refractivity contribution < 1.29 is 9.57 Å². The minimum absolute atomic E-state index is 0.0723. The molecule has 1 aliphatic carbocycles. The Bertz CT molecular complexity index is 761. The van der Waals surface area contributed by atoms with Gasteiger partial charge in [0.2, 0.25) is 0 Å². The van der Waals surface area contributed by atoms with Crippen LogP contribution in [-0.2, 0) is 9.57 Å². The average molecular weight is 380 g/mol. The predicted molar refractivity (Wildman–Crippen MR) is 113 cm³/mol. The molecular weight excluding hydrogens is 346 g/mol. The highest BCUT2D eigenvalue weighted by Crippen LogP contribution is 2.61. The first-order valence-electron chi connectivity index (χ1n) is 10.4. The Balaban J connectivity index is 1.69. The molecule has 4 rings (SSSR count). The molecule has 1 saturated heterocycles. The summed E-state index contributed by atoms with van der Waals surface area (Å²) in [6.45, 7) is 9.26. The zero-order valence-corrected chi connectivity index (χ0v) is 17.8. The van der Waals surface area contributed by atoms with E-state index in [9.17, 15) is 0 Å². The van der Waals surface area contributed by atoms with E-state index in [1.165, 1.54) is 11.1 Å². The van der Waals surface area contributed by atoms with Gasteiger partial charge in [0.25, 0.3) is 0 Å². The summed E-state index contributed by atoms with van der Waals surface area (Å²) in [7, 11) is 1.84. The fourth-order valence-electron chi connectivity index (χ4n) is 4.97. The Morgan fingerprint density at radius 2 is 1.54 bits per heavy atom. The second kappa shape index (κ2) is 6.98. The van der Waals surface area contributed by atoms with Crippen molar-refractivity contribution >= 4 is 0 Å². The highest BCUT2D eigenvalue weighted by Gasteiger charge is 2.71. The molecule has 2 aromatic rings. The maximum Gasteiger partial charge on any atom is 0.194 e. The van der Waals surface area contributed by atoms with Crippen molar-refractivity contribution in [2.45, 2.75) is 64.3 Å². The molecule has 1 unspecified atom stereocenters. The summed E-state index contributed by atoms with van der Waals surface area (Å²) in [5.74, 6) is 0.626. The van der Waals surface area contributed by atoms with Crippen LogP contribution in [0.5, 0.6) is 0 Å². The molecule has 0 radical (unpaired) electrons. The number of nitrogens with zero attached hydrogens (tertiary/aromatic N) is 1. The summed E-state index contributed by atoms with van der Waals surface area (Å²) in [4.78, 5) is 6.49. The van der Waals surface area contributed by atoms with Crippen LogP contribution in [0.25, 0.3) is 0 Å².